The molecule has 3 heterocycles. The van der Waals surface area contributed by atoms with Gasteiger partial charge in [0, 0.05) is 23.1 Å². The third-order valence-corrected chi connectivity index (χ3v) is 7.52. The van der Waals surface area contributed by atoms with Crippen molar-refractivity contribution in [1.29, 1.82) is 0 Å². The van der Waals surface area contributed by atoms with Crippen LogP contribution in [0, 0.1) is 0 Å². The molecule has 0 unspecified atom stereocenters. The summed E-state index contributed by atoms with van der Waals surface area (Å²) < 4.78 is 1.71. The molecular formula is C17H19N3OS3. The lowest BCUT2D eigenvalue weighted by Crippen LogP contribution is -2.20. The Morgan fingerprint density at radius 2 is 2.21 bits per heavy atom. The van der Waals surface area contributed by atoms with Gasteiger partial charge in [-0.05, 0) is 37.7 Å². The Morgan fingerprint density at radius 3 is 3.04 bits per heavy atom. The van der Waals surface area contributed by atoms with Gasteiger partial charge in [-0.2, -0.15) is 0 Å². The lowest BCUT2D eigenvalue weighted by molar-refractivity contribution is 0.726. The van der Waals surface area contributed by atoms with Crippen molar-refractivity contribution in [2.24, 2.45) is 7.05 Å². The Morgan fingerprint density at radius 1 is 1.33 bits per heavy atom. The molecule has 0 bridgehead atoms. The maximum atomic E-state index is 12.8. The second-order valence-corrected chi connectivity index (χ2v) is 9.04. The predicted octanol–water partition coefficient (Wildman–Crippen LogP) is 4.19. The van der Waals surface area contributed by atoms with E-state index < -0.39 is 0 Å². The summed E-state index contributed by atoms with van der Waals surface area (Å²) >= 11 is 5.03. The van der Waals surface area contributed by atoms with Gasteiger partial charge in [-0.25, -0.2) is 9.97 Å². The van der Waals surface area contributed by atoms with Crippen molar-refractivity contribution >= 4 is 44.7 Å². The first kappa shape index (κ1) is 16.3. The molecular weight excluding hydrogens is 358 g/mol. The molecule has 0 amide bonds. The van der Waals surface area contributed by atoms with E-state index in [1.807, 2.05) is 7.05 Å². The topological polar surface area (TPSA) is 47.8 Å². The fourth-order valence-electron chi connectivity index (χ4n) is 3.12. The maximum absolute atomic E-state index is 12.8. The molecule has 3 aromatic heterocycles. The Bertz CT molecular complexity index is 954. The Kier molecular flexibility index (Phi) is 4.49. The summed E-state index contributed by atoms with van der Waals surface area (Å²) in [5.74, 6) is 0.761. The molecule has 0 atom stereocenters. The van der Waals surface area contributed by atoms with Gasteiger partial charge in [-0.15, -0.1) is 22.7 Å². The summed E-state index contributed by atoms with van der Waals surface area (Å²) in [6.45, 7) is 2.17. The molecule has 0 radical (unpaired) electrons. The van der Waals surface area contributed by atoms with Gasteiger partial charge in [0.15, 0.2) is 5.16 Å². The molecule has 126 valence electrons. The van der Waals surface area contributed by atoms with Gasteiger partial charge in [0.2, 0.25) is 0 Å². The van der Waals surface area contributed by atoms with Crippen LogP contribution in [-0.2, 0) is 32.1 Å². The normalized spacial score (nSPS) is 13.8. The van der Waals surface area contributed by atoms with Crippen molar-refractivity contribution < 1.29 is 0 Å². The largest absolute Gasteiger partial charge is 0.290 e. The highest BCUT2D eigenvalue weighted by Gasteiger charge is 2.22. The number of thioether (sulfide) groups is 1. The standard InChI is InChI=1S/C17H19N3OS3/c1-3-5-13-18-10(8-22-13)9-23-17-19-15-14(16(21)20(17)2)11-6-4-7-12(11)24-15/h8H,3-7,9H2,1-2H3. The summed E-state index contributed by atoms with van der Waals surface area (Å²) in [5, 5.41) is 4.96. The number of aryl methyl sites for hydroxylation is 3. The number of fused-ring (bicyclic) bond motifs is 3. The summed E-state index contributed by atoms with van der Waals surface area (Å²) in [6.07, 6.45) is 5.45. The SMILES string of the molecule is CCCc1nc(CSc2nc3sc4c(c3c(=O)n2C)CCC4)cs1. The minimum absolute atomic E-state index is 0.104. The molecule has 0 aliphatic heterocycles. The number of thiophene rings is 1. The number of hydrogen-bond donors (Lipinski definition) is 0. The van der Waals surface area contributed by atoms with Crippen molar-refractivity contribution in [2.45, 2.75) is 49.9 Å². The highest BCUT2D eigenvalue weighted by atomic mass is 32.2. The fourth-order valence-corrected chi connectivity index (χ4v) is 6.29. The first-order chi connectivity index (χ1) is 11.7. The monoisotopic (exact) mass is 377 g/mol. The van der Waals surface area contributed by atoms with Gasteiger partial charge < -0.3 is 0 Å². The van der Waals surface area contributed by atoms with Gasteiger partial charge >= 0.3 is 0 Å². The van der Waals surface area contributed by atoms with Crippen LogP contribution in [-0.4, -0.2) is 14.5 Å². The quantitative estimate of drug-likeness (QED) is 0.494. The van der Waals surface area contributed by atoms with Crippen LogP contribution in [0.3, 0.4) is 0 Å². The third kappa shape index (κ3) is 2.82. The fraction of sp³-hybridized carbons (Fsp3) is 0.471. The van der Waals surface area contributed by atoms with Crippen LogP contribution < -0.4 is 5.56 Å². The molecule has 0 N–H and O–H groups in total. The number of thiazole rings is 1. The van der Waals surface area contributed by atoms with Crippen LogP contribution >= 0.6 is 34.4 Å². The average molecular weight is 378 g/mol. The van der Waals surface area contributed by atoms with Crippen molar-refractivity contribution in [2.75, 3.05) is 0 Å². The van der Waals surface area contributed by atoms with Crippen molar-refractivity contribution in [3.8, 4) is 0 Å². The smallest absolute Gasteiger partial charge is 0.262 e. The maximum Gasteiger partial charge on any atom is 0.262 e. The van der Waals surface area contributed by atoms with Gasteiger partial charge in [-0.3, -0.25) is 9.36 Å². The van der Waals surface area contributed by atoms with Crippen LogP contribution in [0.25, 0.3) is 10.2 Å². The van der Waals surface area contributed by atoms with Gasteiger partial charge in [0.1, 0.15) is 4.83 Å². The van der Waals surface area contributed by atoms with Crippen molar-refractivity contribution in [1.82, 2.24) is 14.5 Å². The van der Waals surface area contributed by atoms with E-state index >= 15 is 0 Å². The molecule has 0 aromatic carbocycles. The average Bonchev–Trinajstić information content (AvgIpc) is 3.25. The van der Waals surface area contributed by atoms with E-state index in [1.165, 1.54) is 21.9 Å². The van der Waals surface area contributed by atoms with E-state index in [0.29, 0.717) is 0 Å². The first-order valence-electron chi connectivity index (χ1n) is 8.24. The predicted molar refractivity (Wildman–Crippen MR) is 103 cm³/mol. The Hall–Kier alpha value is -1.18. The summed E-state index contributed by atoms with van der Waals surface area (Å²) in [5.41, 5.74) is 2.44. The van der Waals surface area contributed by atoms with Crippen LogP contribution in [0.2, 0.25) is 0 Å². The molecule has 7 heteroatoms. The molecule has 0 saturated carbocycles. The molecule has 0 saturated heterocycles. The van der Waals surface area contributed by atoms with E-state index in [9.17, 15) is 4.79 Å². The number of nitrogens with zero attached hydrogens (tertiary/aromatic N) is 3. The number of aromatic nitrogens is 3. The van der Waals surface area contributed by atoms with Gasteiger partial charge in [-0.1, -0.05) is 18.7 Å². The highest BCUT2D eigenvalue weighted by Crippen LogP contribution is 2.35. The molecule has 1 aliphatic carbocycles. The van der Waals surface area contributed by atoms with Crippen LogP contribution in [0.4, 0.5) is 0 Å². The minimum atomic E-state index is 0.104. The van der Waals surface area contributed by atoms with Crippen LogP contribution in [0.5, 0.6) is 0 Å². The highest BCUT2D eigenvalue weighted by molar-refractivity contribution is 7.98. The lowest BCUT2D eigenvalue weighted by atomic mass is 10.2. The van der Waals surface area contributed by atoms with E-state index in [0.717, 1.165) is 52.5 Å². The molecule has 0 spiro atoms. The summed E-state index contributed by atoms with van der Waals surface area (Å²) in [4.78, 5) is 24.5. The van der Waals surface area contributed by atoms with Crippen LogP contribution in [0.15, 0.2) is 15.3 Å². The van der Waals surface area contributed by atoms with E-state index in [1.54, 1.807) is 39.0 Å². The zero-order valence-electron chi connectivity index (χ0n) is 13.8. The van der Waals surface area contributed by atoms with Crippen LogP contribution in [0.1, 0.15) is 40.9 Å². The van der Waals surface area contributed by atoms with Crippen molar-refractivity contribution in [3.05, 3.63) is 36.9 Å². The van der Waals surface area contributed by atoms with Crippen molar-refractivity contribution in [3.63, 3.8) is 0 Å². The lowest BCUT2D eigenvalue weighted by Gasteiger charge is -2.06. The second-order valence-electron chi connectivity index (χ2n) is 6.07. The van der Waals surface area contributed by atoms with E-state index in [-0.39, 0.29) is 5.56 Å². The Balaban J connectivity index is 1.62. The molecule has 3 aromatic rings. The number of hydrogen-bond acceptors (Lipinski definition) is 6. The molecule has 24 heavy (non-hydrogen) atoms. The third-order valence-electron chi connectivity index (χ3n) is 4.32. The molecule has 4 rings (SSSR count). The second kappa shape index (κ2) is 6.61. The summed E-state index contributed by atoms with van der Waals surface area (Å²) in [6, 6.07) is 0. The molecule has 4 nitrogen and oxygen atoms in total. The zero-order chi connectivity index (χ0) is 16.7. The minimum Gasteiger partial charge on any atom is -0.290 e. The number of rotatable bonds is 5. The Labute approximate surface area is 153 Å². The van der Waals surface area contributed by atoms with Gasteiger partial charge in [0.25, 0.3) is 5.56 Å². The van der Waals surface area contributed by atoms with Gasteiger partial charge in [0.05, 0.1) is 16.1 Å². The summed E-state index contributed by atoms with van der Waals surface area (Å²) in [7, 11) is 1.83. The molecule has 1 aliphatic rings. The first-order valence-corrected chi connectivity index (χ1v) is 10.9. The molecule has 0 fully saturated rings. The zero-order valence-corrected chi connectivity index (χ0v) is 16.2. The van der Waals surface area contributed by atoms with E-state index in [2.05, 4.69) is 17.3 Å². The van der Waals surface area contributed by atoms with E-state index in [4.69, 9.17) is 4.98 Å².